The largest absolute Gasteiger partial charge is 0.358 e. The summed E-state index contributed by atoms with van der Waals surface area (Å²) >= 11 is 5.20. The van der Waals surface area contributed by atoms with Gasteiger partial charge in [-0.1, -0.05) is 6.07 Å². The first-order chi connectivity index (χ1) is 10.5. The van der Waals surface area contributed by atoms with Gasteiger partial charge in [0, 0.05) is 42.7 Å². The number of benzene rings is 1. The summed E-state index contributed by atoms with van der Waals surface area (Å²) in [6, 6.07) is 6.21. The van der Waals surface area contributed by atoms with E-state index >= 15 is 0 Å². The zero-order valence-electron chi connectivity index (χ0n) is 12.4. The molecule has 2 rings (SSSR count). The lowest BCUT2D eigenvalue weighted by atomic mass is 10.2. The minimum Gasteiger partial charge on any atom is -0.358 e. The molecule has 1 heterocycles. The molecule has 2 N–H and O–H groups in total. The van der Waals surface area contributed by atoms with Crippen molar-refractivity contribution in [1.82, 2.24) is 15.1 Å². The summed E-state index contributed by atoms with van der Waals surface area (Å²) in [7, 11) is 0. The van der Waals surface area contributed by atoms with Crippen LogP contribution in [0, 0.1) is 17.0 Å². The van der Waals surface area contributed by atoms with Crippen molar-refractivity contribution in [2.75, 3.05) is 5.32 Å². The van der Waals surface area contributed by atoms with Crippen LogP contribution in [-0.4, -0.2) is 19.8 Å². The second-order valence-corrected chi connectivity index (χ2v) is 5.12. The SMILES string of the molecule is CCn1cc(CNC(=S)Nc2cccc([N+](=O)[O-])c2)c(C)n1. The number of rotatable bonds is 5. The van der Waals surface area contributed by atoms with Crippen LogP contribution < -0.4 is 10.6 Å². The smallest absolute Gasteiger partial charge is 0.271 e. The van der Waals surface area contributed by atoms with Gasteiger partial charge in [-0.05, 0) is 32.1 Å². The zero-order chi connectivity index (χ0) is 16.1. The van der Waals surface area contributed by atoms with Crippen LogP contribution in [0.3, 0.4) is 0 Å². The van der Waals surface area contributed by atoms with Crippen molar-refractivity contribution in [3.63, 3.8) is 0 Å². The number of nitro groups is 1. The molecule has 22 heavy (non-hydrogen) atoms. The van der Waals surface area contributed by atoms with Crippen molar-refractivity contribution >= 4 is 28.7 Å². The number of nitro benzene ring substituents is 1. The highest BCUT2D eigenvalue weighted by atomic mass is 32.1. The third kappa shape index (κ3) is 4.01. The minimum absolute atomic E-state index is 0.0212. The van der Waals surface area contributed by atoms with Crippen LogP contribution in [-0.2, 0) is 13.1 Å². The summed E-state index contributed by atoms with van der Waals surface area (Å²) in [6.45, 7) is 5.34. The maximum atomic E-state index is 10.7. The molecule has 0 fully saturated rings. The van der Waals surface area contributed by atoms with E-state index in [4.69, 9.17) is 12.2 Å². The molecule has 0 atom stereocenters. The highest BCUT2D eigenvalue weighted by Crippen LogP contribution is 2.16. The molecule has 0 unspecified atom stereocenters. The van der Waals surface area contributed by atoms with Crippen molar-refractivity contribution in [1.29, 1.82) is 0 Å². The van der Waals surface area contributed by atoms with Gasteiger partial charge in [-0.2, -0.15) is 5.10 Å². The van der Waals surface area contributed by atoms with Gasteiger partial charge in [0.25, 0.3) is 5.69 Å². The summed E-state index contributed by atoms with van der Waals surface area (Å²) in [5.41, 5.74) is 2.61. The fraction of sp³-hybridized carbons (Fsp3) is 0.286. The third-order valence-corrected chi connectivity index (χ3v) is 3.37. The van der Waals surface area contributed by atoms with E-state index in [-0.39, 0.29) is 5.69 Å². The molecule has 0 saturated carbocycles. The highest BCUT2D eigenvalue weighted by molar-refractivity contribution is 7.80. The highest BCUT2D eigenvalue weighted by Gasteiger charge is 2.08. The van der Waals surface area contributed by atoms with Gasteiger partial charge in [0.1, 0.15) is 0 Å². The molecule has 1 aromatic carbocycles. The van der Waals surface area contributed by atoms with E-state index in [1.807, 2.05) is 24.7 Å². The Kier molecular flexibility index (Phi) is 5.05. The zero-order valence-corrected chi connectivity index (χ0v) is 13.2. The third-order valence-electron chi connectivity index (χ3n) is 3.13. The van der Waals surface area contributed by atoms with Gasteiger partial charge in [0.15, 0.2) is 5.11 Å². The molecule has 7 nitrogen and oxygen atoms in total. The number of aryl methyl sites for hydroxylation is 2. The fourth-order valence-corrected chi connectivity index (χ4v) is 2.13. The van der Waals surface area contributed by atoms with Crippen molar-refractivity contribution in [2.24, 2.45) is 0 Å². The Hall–Kier alpha value is -2.48. The topological polar surface area (TPSA) is 85.0 Å². The van der Waals surface area contributed by atoms with Crippen LogP contribution >= 0.6 is 12.2 Å². The number of nitrogens with one attached hydrogen (secondary N) is 2. The van der Waals surface area contributed by atoms with Gasteiger partial charge in [0.2, 0.25) is 0 Å². The Balaban J connectivity index is 1.94. The summed E-state index contributed by atoms with van der Waals surface area (Å²) in [5.74, 6) is 0. The standard InChI is InChI=1S/C14H17N5O2S/c1-3-18-9-11(10(2)17-18)8-15-14(22)16-12-5-4-6-13(7-12)19(20)21/h4-7,9H,3,8H2,1-2H3,(H2,15,16,22). The van der Waals surface area contributed by atoms with Crippen LogP contribution in [0.2, 0.25) is 0 Å². The molecule has 1 aromatic heterocycles. The molecule has 0 bridgehead atoms. The average molecular weight is 319 g/mol. The van der Waals surface area contributed by atoms with Gasteiger partial charge in [-0.25, -0.2) is 0 Å². The van der Waals surface area contributed by atoms with Crippen molar-refractivity contribution < 1.29 is 4.92 Å². The van der Waals surface area contributed by atoms with Crippen LogP contribution in [0.1, 0.15) is 18.2 Å². The van der Waals surface area contributed by atoms with E-state index < -0.39 is 4.92 Å². The Morgan fingerprint density at radius 1 is 1.50 bits per heavy atom. The molecular weight excluding hydrogens is 302 g/mol. The average Bonchev–Trinajstić information content (AvgIpc) is 2.86. The molecule has 0 aliphatic heterocycles. The van der Waals surface area contributed by atoms with E-state index in [1.54, 1.807) is 12.1 Å². The van der Waals surface area contributed by atoms with Crippen molar-refractivity contribution in [2.45, 2.75) is 26.9 Å². The van der Waals surface area contributed by atoms with Crippen LogP contribution in [0.5, 0.6) is 0 Å². The lowest BCUT2D eigenvalue weighted by Gasteiger charge is -2.09. The first kappa shape index (κ1) is 15.9. The molecule has 0 spiro atoms. The summed E-state index contributed by atoms with van der Waals surface area (Å²) in [6.07, 6.45) is 1.97. The van der Waals surface area contributed by atoms with Crippen molar-refractivity contribution in [3.8, 4) is 0 Å². The molecule has 0 aliphatic carbocycles. The van der Waals surface area contributed by atoms with Gasteiger partial charge in [0.05, 0.1) is 10.6 Å². The first-order valence-corrected chi connectivity index (χ1v) is 7.22. The number of aromatic nitrogens is 2. The van der Waals surface area contributed by atoms with Gasteiger partial charge in [-0.3, -0.25) is 14.8 Å². The maximum Gasteiger partial charge on any atom is 0.271 e. The summed E-state index contributed by atoms with van der Waals surface area (Å²) < 4.78 is 1.86. The van der Waals surface area contributed by atoms with E-state index in [0.29, 0.717) is 17.3 Å². The second-order valence-electron chi connectivity index (χ2n) is 4.71. The number of hydrogen-bond donors (Lipinski definition) is 2. The van der Waals surface area contributed by atoms with Crippen LogP contribution in [0.25, 0.3) is 0 Å². The molecular formula is C14H17N5O2S. The molecule has 0 aliphatic rings. The monoisotopic (exact) mass is 319 g/mol. The number of non-ortho nitro benzene ring substituents is 1. The fourth-order valence-electron chi connectivity index (χ4n) is 1.94. The van der Waals surface area contributed by atoms with Crippen molar-refractivity contribution in [3.05, 3.63) is 51.8 Å². The number of nitrogens with zero attached hydrogens (tertiary/aromatic N) is 3. The second kappa shape index (κ2) is 6.99. The summed E-state index contributed by atoms with van der Waals surface area (Å²) in [5, 5.41) is 21.5. The maximum absolute atomic E-state index is 10.7. The molecule has 0 radical (unpaired) electrons. The first-order valence-electron chi connectivity index (χ1n) is 6.82. The van der Waals surface area contributed by atoms with Gasteiger partial charge < -0.3 is 10.6 Å². The predicted octanol–water partition coefficient (Wildman–Crippen LogP) is 2.61. The number of thiocarbonyl (C=S) groups is 1. The Bertz CT molecular complexity index is 698. The van der Waals surface area contributed by atoms with Crippen LogP contribution in [0.4, 0.5) is 11.4 Å². The normalized spacial score (nSPS) is 10.3. The van der Waals surface area contributed by atoms with Gasteiger partial charge >= 0.3 is 0 Å². The molecule has 0 amide bonds. The Morgan fingerprint density at radius 3 is 2.91 bits per heavy atom. The number of anilines is 1. The molecule has 8 heteroatoms. The Labute approximate surface area is 133 Å². The molecule has 116 valence electrons. The molecule has 2 aromatic rings. The van der Waals surface area contributed by atoms with Crippen LogP contribution in [0.15, 0.2) is 30.5 Å². The molecule has 0 saturated heterocycles. The lowest BCUT2D eigenvalue weighted by molar-refractivity contribution is -0.384. The summed E-state index contributed by atoms with van der Waals surface area (Å²) in [4.78, 5) is 10.3. The van der Waals surface area contributed by atoms with E-state index in [9.17, 15) is 10.1 Å². The number of hydrogen-bond acceptors (Lipinski definition) is 4. The van der Waals surface area contributed by atoms with E-state index in [1.165, 1.54) is 12.1 Å². The van der Waals surface area contributed by atoms with Gasteiger partial charge in [-0.15, -0.1) is 0 Å². The predicted molar refractivity (Wildman–Crippen MR) is 88.8 cm³/mol. The quantitative estimate of drug-likeness (QED) is 0.500. The minimum atomic E-state index is -0.440. The van der Waals surface area contributed by atoms with E-state index in [2.05, 4.69) is 15.7 Å². The lowest BCUT2D eigenvalue weighted by Crippen LogP contribution is -2.28. The van der Waals surface area contributed by atoms with E-state index in [0.717, 1.165) is 17.8 Å². The Morgan fingerprint density at radius 2 is 2.27 bits per heavy atom.